The minimum absolute atomic E-state index is 0.0360. The van der Waals surface area contributed by atoms with E-state index >= 15 is 0 Å². The van der Waals surface area contributed by atoms with Crippen LogP contribution in [0.2, 0.25) is 0 Å². The molecule has 0 bridgehead atoms. The lowest BCUT2D eigenvalue weighted by molar-refractivity contribution is -0.113. The van der Waals surface area contributed by atoms with Gasteiger partial charge >= 0.3 is 0 Å². The third-order valence-electron chi connectivity index (χ3n) is 2.39. The van der Waals surface area contributed by atoms with Crippen LogP contribution in [0.15, 0.2) is 24.3 Å². The van der Waals surface area contributed by atoms with Crippen molar-refractivity contribution in [3.63, 3.8) is 0 Å². The molecule has 0 aromatic heterocycles. The van der Waals surface area contributed by atoms with E-state index in [0.717, 1.165) is 0 Å². The summed E-state index contributed by atoms with van der Waals surface area (Å²) in [4.78, 5) is 11.6. The molecule has 2 atom stereocenters. The summed E-state index contributed by atoms with van der Waals surface area (Å²) in [5.74, 6) is 0.195. The van der Waals surface area contributed by atoms with Gasteiger partial charge in [-0.2, -0.15) is 0 Å². The van der Waals surface area contributed by atoms with Gasteiger partial charge in [0.15, 0.2) is 0 Å². The topological polar surface area (TPSA) is 75.3 Å². The Labute approximate surface area is 106 Å². The monoisotopic (exact) mass is 254 g/mol. The predicted octanol–water partition coefficient (Wildman–Crippen LogP) is 1.71. The molecule has 0 aliphatic carbocycles. The highest BCUT2D eigenvalue weighted by molar-refractivity contribution is 8.00. The fourth-order valence-electron chi connectivity index (χ4n) is 1.14. The molecule has 0 saturated carbocycles. The second-order valence-corrected chi connectivity index (χ2v) is 5.26. The van der Waals surface area contributed by atoms with Gasteiger partial charge in [-0.1, -0.05) is 19.1 Å². The van der Waals surface area contributed by atoms with Crippen molar-refractivity contribution in [2.45, 2.75) is 25.2 Å². The van der Waals surface area contributed by atoms with Crippen molar-refractivity contribution in [2.24, 2.45) is 0 Å². The van der Waals surface area contributed by atoms with Crippen LogP contribution < -0.4 is 11.1 Å². The standard InChI is InChI=1S/C12H18N2O2S/c1-8(15)9(2)17-7-12(16)14-11-6-4-3-5-10(11)13/h3-6,8-9,15H,7,13H2,1-2H3,(H,14,16). The highest BCUT2D eigenvalue weighted by Gasteiger charge is 2.12. The van der Waals surface area contributed by atoms with E-state index in [2.05, 4.69) is 5.32 Å². The van der Waals surface area contributed by atoms with Crippen molar-refractivity contribution in [3.05, 3.63) is 24.3 Å². The molecule has 5 heteroatoms. The number of carbonyl (C=O) groups is 1. The van der Waals surface area contributed by atoms with Crippen LogP contribution in [0.1, 0.15) is 13.8 Å². The van der Waals surface area contributed by atoms with Gasteiger partial charge < -0.3 is 16.2 Å². The zero-order chi connectivity index (χ0) is 12.8. The molecule has 4 N–H and O–H groups in total. The van der Waals surface area contributed by atoms with Crippen molar-refractivity contribution >= 4 is 29.0 Å². The fourth-order valence-corrected chi connectivity index (χ4v) is 1.91. The molecule has 1 aromatic rings. The average Bonchev–Trinajstić information content (AvgIpc) is 2.29. The quantitative estimate of drug-likeness (QED) is 0.699. The number of rotatable bonds is 5. The Morgan fingerprint density at radius 2 is 2.12 bits per heavy atom. The molecule has 2 unspecified atom stereocenters. The third kappa shape index (κ3) is 4.66. The van der Waals surface area contributed by atoms with Gasteiger partial charge in [-0.15, -0.1) is 11.8 Å². The van der Waals surface area contributed by atoms with Crippen LogP contribution >= 0.6 is 11.8 Å². The molecule has 1 amide bonds. The lowest BCUT2D eigenvalue weighted by Crippen LogP contribution is -2.21. The van der Waals surface area contributed by atoms with Crippen LogP contribution in [-0.4, -0.2) is 28.1 Å². The Kier molecular flexibility index (Phi) is 5.31. The predicted molar refractivity (Wildman–Crippen MR) is 73.1 cm³/mol. The Hall–Kier alpha value is -1.20. The maximum absolute atomic E-state index is 11.6. The number of carbonyl (C=O) groups excluding carboxylic acids is 1. The molecule has 0 aliphatic rings. The van der Waals surface area contributed by atoms with E-state index in [1.807, 2.05) is 19.1 Å². The summed E-state index contributed by atoms with van der Waals surface area (Å²) in [5, 5.41) is 12.1. The van der Waals surface area contributed by atoms with Crippen LogP contribution in [0.4, 0.5) is 11.4 Å². The summed E-state index contributed by atoms with van der Waals surface area (Å²) in [6.45, 7) is 3.60. The molecule has 0 saturated heterocycles. The molecule has 0 spiro atoms. The van der Waals surface area contributed by atoms with Crippen LogP contribution in [0.25, 0.3) is 0 Å². The van der Waals surface area contributed by atoms with E-state index < -0.39 is 6.10 Å². The Morgan fingerprint density at radius 1 is 1.47 bits per heavy atom. The number of thioether (sulfide) groups is 1. The second kappa shape index (κ2) is 6.51. The summed E-state index contributed by atoms with van der Waals surface area (Å²) in [6, 6.07) is 7.13. The zero-order valence-electron chi connectivity index (χ0n) is 10.0. The molecule has 94 valence electrons. The average molecular weight is 254 g/mol. The Balaban J connectivity index is 2.43. The van der Waals surface area contributed by atoms with Crippen molar-refractivity contribution in [1.82, 2.24) is 0 Å². The van der Waals surface area contributed by atoms with Gasteiger partial charge in [0.1, 0.15) is 0 Å². The lowest BCUT2D eigenvalue weighted by atomic mass is 10.3. The number of amides is 1. The van der Waals surface area contributed by atoms with Gasteiger partial charge in [-0.3, -0.25) is 4.79 Å². The first-order valence-corrected chi connectivity index (χ1v) is 6.49. The van der Waals surface area contributed by atoms with E-state index in [1.54, 1.807) is 19.1 Å². The summed E-state index contributed by atoms with van der Waals surface area (Å²) >= 11 is 1.41. The van der Waals surface area contributed by atoms with E-state index in [0.29, 0.717) is 17.1 Å². The first-order chi connectivity index (χ1) is 8.00. The number of aliphatic hydroxyl groups excluding tert-OH is 1. The van der Waals surface area contributed by atoms with Gasteiger partial charge in [0.25, 0.3) is 0 Å². The van der Waals surface area contributed by atoms with Crippen LogP contribution in [-0.2, 0) is 4.79 Å². The molecule has 1 rings (SSSR count). The van der Waals surface area contributed by atoms with Gasteiger partial charge in [0.2, 0.25) is 5.91 Å². The number of hydrogen-bond donors (Lipinski definition) is 3. The van der Waals surface area contributed by atoms with Crippen LogP contribution in [0, 0.1) is 0 Å². The van der Waals surface area contributed by atoms with Crippen molar-refractivity contribution in [1.29, 1.82) is 0 Å². The lowest BCUT2D eigenvalue weighted by Gasteiger charge is -2.14. The van der Waals surface area contributed by atoms with E-state index in [9.17, 15) is 9.90 Å². The molecule has 1 aromatic carbocycles. The maximum atomic E-state index is 11.6. The number of aliphatic hydroxyl groups is 1. The van der Waals surface area contributed by atoms with E-state index in [-0.39, 0.29) is 11.2 Å². The SMILES string of the molecule is CC(O)C(C)SCC(=O)Nc1ccccc1N. The summed E-state index contributed by atoms with van der Waals surface area (Å²) in [5.41, 5.74) is 6.89. The Bertz CT molecular complexity index is 383. The molecule has 0 heterocycles. The summed E-state index contributed by atoms with van der Waals surface area (Å²) in [7, 11) is 0. The normalized spacial score (nSPS) is 14.1. The van der Waals surface area contributed by atoms with Gasteiger partial charge in [-0.05, 0) is 19.1 Å². The third-order valence-corrected chi connectivity index (χ3v) is 3.74. The molecule has 17 heavy (non-hydrogen) atoms. The number of benzene rings is 1. The molecule has 0 radical (unpaired) electrons. The van der Waals surface area contributed by atoms with Crippen LogP contribution in [0.5, 0.6) is 0 Å². The van der Waals surface area contributed by atoms with E-state index in [4.69, 9.17) is 5.73 Å². The number of nitrogens with two attached hydrogens (primary N) is 1. The first-order valence-electron chi connectivity index (χ1n) is 5.44. The molecule has 0 aliphatic heterocycles. The van der Waals surface area contributed by atoms with Gasteiger partial charge in [0.05, 0.1) is 23.2 Å². The second-order valence-electron chi connectivity index (χ2n) is 3.89. The van der Waals surface area contributed by atoms with Gasteiger partial charge in [-0.25, -0.2) is 0 Å². The first kappa shape index (κ1) is 13.9. The fraction of sp³-hybridized carbons (Fsp3) is 0.417. The van der Waals surface area contributed by atoms with Gasteiger partial charge in [0, 0.05) is 5.25 Å². The van der Waals surface area contributed by atoms with Crippen molar-refractivity contribution in [3.8, 4) is 0 Å². The van der Waals surface area contributed by atoms with E-state index in [1.165, 1.54) is 11.8 Å². The van der Waals surface area contributed by atoms with Crippen molar-refractivity contribution < 1.29 is 9.90 Å². The minimum atomic E-state index is -0.422. The number of nitrogens with one attached hydrogen (secondary N) is 1. The number of hydrogen-bond acceptors (Lipinski definition) is 4. The van der Waals surface area contributed by atoms with Crippen LogP contribution in [0.3, 0.4) is 0 Å². The zero-order valence-corrected chi connectivity index (χ0v) is 10.8. The number of nitrogen functional groups attached to an aromatic ring is 1. The molecule has 0 fully saturated rings. The maximum Gasteiger partial charge on any atom is 0.234 e. The molecule has 4 nitrogen and oxygen atoms in total. The number of anilines is 2. The number of para-hydroxylation sites is 2. The Morgan fingerprint density at radius 3 is 2.71 bits per heavy atom. The van der Waals surface area contributed by atoms with Crippen molar-refractivity contribution in [2.75, 3.05) is 16.8 Å². The summed E-state index contributed by atoms with van der Waals surface area (Å²) < 4.78 is 0. The highest BCUT2D eigenvalue weighted by atomic mass is 32.2. The molecular formula is C12H18N2O2S. The largest absolute Gasteiger partial charge is 0.397 e. The minimum Gasteiger partial charge on any atom is -0.397 e. The molecular weight excluding hydrogens is 236 g/mol. The smallest absolute Gasteiger partial charge is 0.234 e. The highest BCUT2D eigenvalue weighted by Crippen LogP contribution is 2.18. The summed E-state index contributed by atoms with van der Waals surface area (Å²) in [6.07, 6.45) is -0.422.